The molecule has 0 N–H and O–H groups in total. The summed E-state index contributed by atoms with van der Waals surface area (Å²) >= 11 is 2.00. The van der Waals surface area contributed by atoms with Gasteiger partial charge >= 0.3 is 0 Å². The average molecular weight is 269 g/mol. The molecule has 1 amide bonds. The molecule has 6 nitrogen and oxygen atoms in total. The Hall–Kier alpha value is -1.11. The quantitative estimate of drug-likeness (QED) is 0.791. The molecule has 0 bridgehead atoms. The minimum Gasteiger partial charge on any atom is -0.341 e. The fourth-order valence-electron chi connectivity index (χ4n) is 2.36. The van der Waals surface area contributed by atoms with Crippen LogP contribution < -0.4 is 0 Å². The number of nitrogens with zero attached hydrogens (tertiary/aromatic N) is 5. The van der Waals surface area contributed by atoms with Gasteiger partial charge in [-0.2, -0.15) is 11.8 Å². The van der Waals surface area contributed by atoms with Crippen LogP contribution in [0.3, 0.4) is 0 Å². The van der Waals surface area contributed by atoms with Crippen LogP contribution in [0.4, 0.5) is 0 Å². The van der Waals surface area contributed by atoms with Gasteiger partial charge in [-0.05, 0) is 35.4 Å². The van der Waals surface area contributed by atoms with Crippen LogP contribution in [0.15, 0.2) is 6.33 Å². The van der Waals surface area contributed by atoms with Crippen molar-refractivity contribution in [2.75, 3.05) is 12.8 Å². The Morgan fingerprint density at radius 2 is 2.39 bits per heavy atom. The molecule has 0 spiro atoms. The number of hydrogen-bond donors (Lipinski definition) is 0. The van der Waals surface area contributed by atoms with E-state index in [4.69, 9.17) is 0 Å². The molecule has 2 atom stereocenters. The summed E-state index contributed by atoms with van der Waals surface area (Å²) in [5.41, 5.74) is 0. The minimum absolute atomic E-state index is 0.0782. The van der Waals surface area contributed by atoms with E-state index in [1.165, 1.54) is 17.4 Å². The molecule has 0 aliphatic heterocycles. The van der Waals surface area contributed by atoms with Gasteiger partial charge in [0, 0.05) is 18.3 Å². The molecular weight excluding hydrogens is 250 g/mol. The van der Waals surface area contributed by atoms with Gasteiger partial charge in [-0.15, -0.1) is 5.10 Å². The van der Waals surface area contributed by atoms with Crippen molar-refractivity contribution in [2.45, 2.75) is 44.0 Å². The predicted molar refractivity (Wildman–Crippen MR) is 70.1 cm³/mol. The first-order chi connectivity index (χ1) is 8.70. The second kappa shape index (κ2) is 6.17. The molecule has 2 rings (SSSR count). The summed E-state index contributed by atoms with van der Waals surface area (Å²) in [6.07, 6.45) is 4.90. The third-order valence-electron chi connectivity index (χ3n) is 3.39. The van der Waals surface area contributed by atoms with Crippen molar-refractivity contribution in [2.24, 2.45) is 0 Å². The zero-order valence-electron chi connectivity index (χ0n) is 10.8. The summed E-state index contributed by atoms with van der Waals surface area (Å²) < 4.78 is 1.46. The lowest BCUT2D eigenvalue weighted by atomic mass is 10.2. The van der Waals surface area contributed by atoms with Gasteiger partial charge in [-0.3, -0.25) is 4.79 Å². The zero-order valence-corrected chi connectivity index (χ0v) is 11.6. The van der Waals surface area contributed by atoms with E-state index < -0.39 is 0 Å². The molecule has 100 valence electrons. The monoisotopic (exact) mass is 269 g/mol. The van der Waals surface area contributed by atoms with Crippen LogP contribution in [0.5, 0.6) is 0 Å². The first-order valence-corrected chi connectivity index (χ1v) is 7.33. The van der Waals surface area contributed by atoms with Crippen molar-refractivity contribution in [3.05, 3.63) is 6.33 Å². The molecule has 1 aliphatic carbocycles. The lowest BCUT2D eigenvalue weighted by molar-refractivity contribution is -0.132. The number of likely N-dealkylation sites (N-methyl/N-ethyl adjacent to an activating group) is 1. The van der Waals surface area contributed by atoms with Gasteiger partial charge in [0.15, 0.2) is 0 Å². The molecule has 1 saturated carbocycles. The lowest BCUT2D eigenvalue weighted by Crippen LogP contribution is -2.37. The molecule has 0 unspecified atom stereocenters. The summed E-state index contributed by atoms with van der Waals surface area (Å²) in [6, 6.07) is 0.373. The largest absolute Gasteiger partial charge is 0.341 e. The second-order valence-corrected chi connectivity index (χ2v) is 6.13. The molecule has 1 aromatic rings. The van der Waals surface area contributed by atoms with Crippen LogP contribution in [-0.2, 0) is 11.3 Å². The van der Waals surface area contributed by atoms with Crippen molar-refractivity contribution >= 4 is 17.7 Å². The van der Waals surface area contributed by atoms with E-state index in [-0.39, 0.29) is 12.5 Å². The van der Waals surface area contributed by atoms with Gasteiger partial charge in [0.25, 0.3) is 0 Å². The lowest BCUT2D eigenvalue weighted by Gasteiger charge is -2.24. The van der Waals surface area contributed by atoms with Crippen LogP contribution in [0, 0.1) is 0 Å². The van der Waals surface area contributed by atoms with Crippen molar-refractivity contribution in [1.82, 2.24) is 25.1 Å². The Balaban J connectivity index is 1.84. The first kappa shape index (κ1) is 13.3. The number of thioether (sulfide) groups is 1. The average Bonchev–Trinajstić information content (AvgIpc) is 3.00. The number of aromatic nitrogens is 4. The van der Waals surface area contributed by atoms with E-state index in [1.54, 1.807) is 0 Å². The molecule has 1 aromatic heterocycles. The van der Waals surface area contributed by atoms with Crippen LogP contribution in [0.25, 0.3) is 0 Å². The smallest absolute Gasteiger partial charge is 0.244 e. The summed E-state index contributed by atoms with van der Waals surface area (Å²) in [5, 5.41) is 11.5. The maximum absolute atomic E-state index is 12.1. The molecular formula is C11H19N5OS. The van der Waals surface area contributed by atoms with Gasteiger partial charge in [0.2, 0.25) is 5.91 Å². The number of carbonyl (C=O) groups excluding carboxylic acids is 1. The maximum atomic E-state index is 12.1. The number of amides is 1. The minimum atomic E-state index is 0.0782. The van der Waals surface area contributed by atoms with E-state index >= 15 is 0 Å². The van der Waals surface area contributed by atoms with E-state index in [9.17, 15) is 4.79 Å². The van der Waals surface area contributed by atoms with Gasteiger partial charge in [-0.1, -0.05) is 6.92 Å². The number of carbonyl (C=O) groups is 1. The Morgan fingerprint density at radius 3 is 3.06 bits per heavy atom. The Morgan fingerprint density at radius 1 is 1.56 bits per heavy atom. The highest BCUT2D eigenvalue weighted by molar-refractivity contribution is 7.99. The second-order valence-electron chi connectivity index (χ2n) is 4.56. The fraction of sp³-hybridized carbons (Fsp3) is 0.818. The van der Waals surface area contributed by atoms with E-state index in [0.717, 1.165) is 18.6 Å². The van der Waals surface area contributed by atoms with Crippen LogP contribution >= 0.6 is 11.8 Å². The SMILES string of the molecule is CCS[C@H]1CC[C@@H](N(C)C(=O)Cn2cnnn2)C1. The summed E-state index contributed by atoms with van der Waals surface area (Å²) in [5.74, 6) is 1.23. The fourth-order valence-corrected chi connectivity index (χ4v) is 3.50. The standard InChI is InChI=1S/C11H19N5OS/c1-3-18-10-5-4-9(6-10)15(2)11(17)7-16-8-12-13-14-16/h8-10H,3-7H2,1-2H3/t9-,10+/m1/s1. The number of tetrazole rings is 1. The third-order valence-corrected chi connectivity index (χ3v) is 4.62. The molecule has 1 aliphatic rings. The van der Waals surface area contributed by atoms with Gasteiger partial charge in [0.05, 0.1) is 0 Å². The Labute approximate surface area is 111 Å². The highest BCUT2D eigenvalue weighted by Crippen LogP contribution is 2.32. The van der Waals surface area contributed by atoms with Crippen molar-refractivity contribution in [3.63, 3.8) is 0 Å². The number of rotatable bonds is 5. The molecule has 0 aromatic carbocycles. The molecule has 0 radical (unpaired) electrons. The Kier molecular flexibility index (Phi) is 4.57. The van der Waals surface area contributed by atoms with E-state index in [1.807, 2.05) is 23.7 Å². The summed E-state index contributed by atoms with van der Waals surface area (Å²) in [4.78, 5) is 13.9. The molecule has 7 heteroatoms. The molecule has 1 fully saturated rings. The zero-order chi connectivity index (χ0) is 13.0. The topological polar surface area (TPSA) is 63.9 Å². The van der Waals surface area contributed by atoms with Crippen molar-refractivity contribution in [3.8, 4) is 0 Å². The van der Waals surface area contributed by atoms with Crippen LogP contribution in [0.2, 0.25) is 0 Å². The highest BCUT2D eigenvalue weighted by atomic mass is 32.2. The molecule has 18 heavy (non-hydrogen) atoms. The van der Waals surface area contributed by atoms with Gasteiger partial charge in [-0.25, -0.2) is 4.68 Å². The summed E-state index contributed by atoms with van der Waals surface area (Å²) in [7, 11) is 1.89. The molecule has 0 saturated heterocycles. The van der Waals surface area contributed by atoms with Gasteiger partial charge in [0.1, 0.15) is 12.9 Å². The first-order valence-electron chi connectivity index (χ1n) is 6.28. The highest BCUT2D eigenvalue weighted by Gasteiger charge is 2.29. The number of hydrogen-bond acceptors (Lipinski definition) is 5. The third kappa shape index (κ3) is 3.22. The maximum Gasteiger partial charge on any atom is 0.244 e. The Bertz CT molecular complexity index is 383. The summed E-state index contributed by atoms with van der Waals surface area (Å²) in [6.45, 7) is 2.41. The van der Waals surface area contributed by atoms with Crippen LogP contribution in [-0.4, -0.2) is 55.1 Å². The van der Waals surface area contributed by atoms with Crippen molar-refractivity contribution in [1.29, 1.82) is 0 Å². The van der Waals surface area contributed by atoms with E-state index in [2.05, 4.69) is 22.4 Å². The van der Waals surface area contributed by atoms with Crippen LogP contribution in [0.1, 0.15) is 26.2 Å². The predicted octanol–water partition coefficient (Wildman–Crippen LogP) is 0.806. The van der Waals surface area contributed by atoms with Crippen molar-refractivity contribution < 1.29 is 4.79 Å². The van der Waals surface area contributed by atoms with Gasteiger partial charge < -0.3 is 4.90 Å². The van der Waals surface area contributed by atoms with E-state index in [0.29, 0.717) is 11.3 Å². The normalized spacial score (nSPS) is 23.2. The molecule has 1 heterocycles.